The average molecular weight is 550 g/mol. The Balaban J connectivity index is 1.50. The Labute approximate surface area is 231 Å². The largest absolute Gasteiger partial charge is 0.490 e. The number of halogens is 2. The van der Waals surface area contributed by atoms with Crippen LogP contribution in [0.15, 0.2) is 70.6 Å². The van der Waals surface area contributed by atoms with E-state index in [2.05, 4.69) is 5.10 Å². The van der Waals surface area contributed by atoms with E-state index in [0.717, 1.165) is 31.2 Å². The van der Waals surface area contributed by atoms with E-state index in [4.69, 9.17) is 37.7 Å². The fourth-order valence-electron chi connectivity index (χ4n) is 4.83. The molecule has 5 rings (SSSR count). The zero-order valence-corrected chi connectivity index (χ0v) is 22.7. The van der Waals surface area contributed by atoms with Crippen LogP contribution in [0.2, 0.25) is 10.0 Å². The van der Waals surface area contributed by atoms with Crippen LogP contribution in [0.3, 0.4) is 0 Å². The van der Waals surface area contributed by atoms with Crippen LogP contribution in [0.5, 0.6) is 11.5 Å². The van der Waals surface area contributed by atoms with Crippen LogP contribution < -0.4 is 15.0 Å². The van der Waals surface area contributed by atoms with Gasteiger partial charge in [-0.25, -0.2) is 4.98 Å². The monoisotopic (exact) mass is 549 g/mol. The smallest absolute Gasteiger partial charge is 0.282 e. The molecule has 0 aliphatic heterocycles. The second-order valence-corrected chi connectivity index (χ2v) is 10.1. The molecule has 1 aliphatic carbocycles. The highest BCUT2D eigenvalue weighted by molar-refractivity contribution is 6.32. The molecule has 0 atom stereocenters. The van der Waals surface area contributed by atoms with Crippen molar-refractivity contribution in [3.63, 3.8) is 0 Å². The fourth-order valence-corrected chi connectivity index (χ4v) is 5.30. The standard InChI is InChI=1S/C30H29Cl2N3O3/c1-2-37-27-17-20(16-25(32)28(27)38-19-22-12-6-8-14-24(22)31)18-33-35-29(21-10-4-3-5-11-21)34-26-15-9-7-13-23(26)30(35)36/h6-9,12-18,21H,2-5,10-11,19H2,1H3. The van der Waals surface area contributed by atoms with Gasteiger partial charge in [0.25, 0.3) is 5.56 Å². The molecule has 6 nitrogen and oxygen atoms in total. The van der Waals surface area contributed by atoms with E-state index in [1.807, 2.05) is 49.4 Å². The lowest BCUT2D eigenvalue weighted by atomic mass is 9.88. The Morgan fingerprint density at radius 2 is 1.76 bits per heavy atom. The molecule has 1 saturated carbocycles. The number of hydrogen-bond donors (Lipinski definition) is 0. The predicted molar refractivity (Wildman–Crippen MR) is 153 cm³/mol. The minimum atomic E-state index is -0.178. The maximum atomic E-state index is 13.5. The van der Waals surface area contributed by atoms with Crippen molar-refractivity contribution in [3.05, 3.63) is 98.0 Å². The van der Waals surface area contributed by atoms with Gasteiger partial charge in [0.1, 0.15) is 12.4 Å². The third kappa shape index (κ3) is 5.71. The summed E-state index contributed by atoms with van der Waals surface area (Å²) in [5.41, 5.74) is 2.05. The molecule has 0 N–H and O–H groups in total. The minimum Gasteiger partial charge on any atom is -0.490 e. The Hall–Kier alpha value is -3.35. The average Bonchev–Trinajstić information content (AvgIpc) is 2.93. The van der Waals surface area contributed by atoms with Crippen LogP contribution in [0.1, 0.15) is 61.9 Å². The van der Waals surface area contributed by atoms with Crippen molar-refractivity contribution in [2.75, 3.05) is 6.61 Å². The van der Waals surface area contributed by atoms with Crippen LogP contribution in [0.4, 0.5) is 0 Å². The van der Waals surface area contributed by atoms with Gasteiger partial charge in [0, 0.05) is 16.5 Å². The van der Waals surface area contributed by atoms with Crippen molar-refractivity contribution in [1.29, 1.82) is 0 Å². The third-order valence-electron chi connectivity index (χ3n) is 6.73. The van der Waals surface area contributed by atoms with Crippen LogP contribution in [-0.2, 0) is 6.61 Å². The molecule has 0 saturated heterocycles. The highest BCUT2D eigenvalue weighted by Gasteiger charge is 2.22. The highest BCUT2D eigenvalue weighted by Crippen LogP contribution is 2.37. The normalized spacial score (nSPS) is 14.3. The Morgan fingerprint density at radius 3 is 2.55 bits per heavy atom. The highest BCUT2D eigenvalue weighted by atomic mass is 35.5. The van der Waals surface area contributed by atoms with E-state index in [9.17, 15) is 4.79 Å². The van der Waals surface area contributed by atoms with Gasteiger partial charge in [-0.05, 0) is 55.7 Å². The summed E-state index contributed by atoms with van der Waals surface area (Å²) < 4.78 is 13.3. The summed E-state index contributed by atoms with van der Waals surface area (Å²) in [6.45, 7) is 2.57. The molecule has 0 bridgehead atoms. The topological polar surface area (TPSA) is 65.7 Å². The fraction of sp³-hybridized carbons (Fsp3) is 0.300. The first kappa shape index (κ1) is 26.3. The summed E-state index contributed by atoms with van der Waals surface area (Å²) in [6, 6.07) is 18.5. The van der Waals surface area contributed by atoms with Gasteiger partial charge in [-0.1, -0.05) is 72.8 Å². The SMILES string of the molecule is CCOc1cc(C=Nn2c(C3CCCCC3)nc3ccccc3c2=O)cc(Cl)c1OCc1ccccc1Cl. The number of fused-ring (bicyclic) bond motifs is 1. The van der Waals surface area contributed by atoms with E-state index in [0.29, 0.717) is 50.4 Å². The Morgan fingerprint density at radius 1 is 1.00 bits per heavy atom. The van der Waals surface area contributed by atoms with Gasteiger partial charge in [0.2, 0.25) is 0 Å². The van der Waals surface area contributed by atoms with Crippen LogP contribution in [-0.4, -0.2) is 22.5 Å². The Bertz CT molecular complexity index is 1530. The van der Waals surface area contributed by atoms with Crippen molar-refractivity contribution in [1.82, 2.24) is 9.66 Å². The number of ether oxygens (including phenoxy) is 2. The van der Waals surface area contributed by atoms with Crippen molar-refractivity contribution in [2.45, 2.75) is 51.6 Å². The van der Waals surface area contributed by atoms with Gasteiger partial charge < -0.3 is 9.47 Å². The van der Waals surface area contributed by atoms with Crippen molar-refractivity contribution >= 4 is 40.3 Å². The van der Waals surface area contributed by atoms with Gasteiger partial charge in [-0.2, -0.15) is 9.78 Å². The van der Waals surface area contributed by atoms with Crippen molar-refractivity contribution in [2.24, 2.45) is 5.10 Å². The van der Waals surface area contributed by atoms with Crippen LogP contribution >= 0.6 is 23.2 Å². The molecule has 1 heterocycles. The number of rotatable bonds is 8. The van der Waals surface area contributed by atoms with Gasteiger partial charge in [0.15, 0.2) is 11.5 Å². The molecule has 1 aromatic heterocycles. The maximum absolute atomic E-state index is 13.5. The lowest BCUT2D eigenvalue weighted by Gasteiger charge is -2.22. The molecule has 0 unspecified atom stereocenters. The van der Waals surface area contributed by atoms with E-state index >= 15 is 0 Å². The summed E-state index contributed by atoms with van der Waals surface area (Å²) in [5.74, 6) is 1.82. The quantitative estimate of drug-likeness (QED) is 0.212. The zero-order valence-electron chi connectivity index (χ0n) is 21.2. The molecular formula is C30H29Cl2N3O3. The molecule has 38 heavy (non-hydrogen) atoms. The van der Waals surface area contributed by atoms with E-state index in [1.54, 1.807) is 24.4 Å². The first-order valence-corrected chi connectivity index (χ1v) is 13.7. The molecule has 0 radical (unpaired) electrons. The van der Waals surface area contributed by atoms with Crippen molar-refractivity contribution < 1.29 is 9.47 Å². The molecule has 3 aromatic carbocycles. The lowest BCUT2D eigenvalue weighted by molar-refractivity contribution is 0.269. The van der Waals surface area contributed by atoms with E-state index in [1.165, 1.54) is 11.1 Å². The molecule has 8 heteroatoms. The predicted octanol–water partition coefficient (Wildman–Crippen LogP) is 7.61. The van der Waals surface area contributed by atoms with Crippen molar-refractivity contribution in [3.8, 4) is 11.5 Å². The zero-order chi connectivity index (χ0) is 26.5. The minimum absolute atomic E-state index is 0.178. The second kappa shape index (κ2) is 12.0. The third-order valence-corrected chi connectivity index (χ3v) is 7.38. The second-order valence-electron chi connectivity index (χ2n) is 9.33. The molecular weight excluding hydrogens is 521 g/mol. The molecule has 4 aromatic rings. The lowest BCUT2D eigenvalue weighted by Crippen LogP contribution is -2.25. The van der Waals surface area contributed by atoms with Gasteiger partial charge in [-0.3, -0.25) is 4.79 Å². The number of aromatic nitrogens is 2. The molecule has 0 amide bonds. The summed E-state index contributed by atoms with van der Waals surface area (Å²) in [4.78, 5) is 18.4. The Kier molecular flexibility index (Phi) is 8.30. The summed E-state index contributed by atoms with van der Waals surface area (Å²) in [7, 11) is 0. The molecule has 0 spiro atoms. The summed E-state index contributed by atoms with van der Waals surface area (Å²) in [5, 5.41) is 6.16. The first-order chi connectivity index (χ1) is 18.5. The van der Waals surface area contributed by atoms with Gasteiger partial charge in [0.05, 0.1) is 28.7 Å². The van der Waals surface area contributed by atoms with E-state index < -0.39 is 0 Å². The van der Waals surface area contributed by atoms with Gasteiger partial charge in [-0.15, -0.1) is 0 Å². The number of benzene rings is 3. The van der Waals surface area contributed by atoms with E-state index in [-0.39, 0.29) is 18.1 Å². The number of nitrogens with zero attached hydrogens (tertiary/aromatic N) is 3. The first-order valence-electron chi connectivity index (χ1n) is 12.9. The number of hydrogen-bond acceptors (Lipinski definition) is 5. The summed E-state index contributed by atoms with van der Waals surface area (Å²) in [6.07, 6.45) is 7.08. The van der Waals surface area contributed by atoms with Crippen LogP contribution in [0.25, 0.3) is 10.9 Å². The van der Waals surface area contributed by atoms with Gasteiger partial charge >= 0.3 is 0 Å². The summed E-state index contributed by atoms with van der Waals surface area (Å²) >= 11 is 12.9. The number of para-hydroxylation sites is 1. The van der Waals surface area contributed by atoms with Crippen LogP contribution in [0, 0.1) is 0 Å². The maximum Gasteiger partial charge on any atom is 0.282 e. The molecule has 1 aliphatic rings. The molecule has 1 fully saturated rings. The molecule has 196 valence electrons.